The molecule has 4 heteroatoms. The summed E-state index contributed by atoms with van der Waals surface area (Å²) in [6.07, 6.45) is 19.2. The van der Waals surface area contributed by atoms with Gasteiger partial charge in [-0.1, -0.05) is 83.6 Å². The first kappa shape index (κ1) is 23.9. The van der Waals surface area contributed by atoms with E-state index in [1.807, 2.05) is 19.9 Å². The van der Waals surface area contributed by atoms with E-state index in [1.54, 1.807) is 5.82 Å². The molecule has 0 unspecified atom stereocenters. The van der Waals surface area contributed by atoms with Crippen LogP contribution in [0, 0.1) is 0 Å². The zero-order valence-electron chi connectivity index (χ0n) is 16.4. The smallest absolute Gasteiger partial charge is 0.306 e. The van der Waals surface area contributed by atoms with Crippen molar-refractivity contribution in [3.05, 3.63) is 11.9 Å². The quantitative estimate of drug-likeness (QED) is 0.184. The molecule has 0 atom stereocenters. The predicted molar refractivity (Wildman–Crippen MR) is 106 cm³/mol. The molecule has 0 aromatic heterocycles. The number of hydrogen-bond acceptors (Lipinski definition) is 3. The molecular weight excluding hydrogens is 319 g/mol. The number of rotatable bonds is 18. The lowest BCUT2D eigenvalue weighted by molar-refractivity contribution is 0.229. The molecular formula is C20H41O3P. The molecule has 0 spiro atoms. The van der Waals surface area contributed by atoms with E-state index < -0.39 is 7.60 Å². The van der Waals surface area contributed by atoms with Gasteiger partial charge in [-0.2, -0.15) is 0 Å². The first-order valence-corrected chi connectivity index (χ1v) is 11.9. The van der Waals surface area contributed by atoms with Gasteiger partial charge in [0.2, 0.25) is 0 Å². The monoisotopic (exact) mass is 360 g/mol. The van der Waals surface area contributed by atoms with Gasteiger partial charge in [-0.3, -0.25) is 4.57 Å². The maximum absolute atomic E-state index is 12.2. The molecule has 24 heavy (non-hydrogen) atoms. The third kappa shape index (κ3) is 15.4. The number of unbranched alkanes of at least 4 members (excludes halogenated alkanes) is 12. The highest BCUT2D eigenvalue weighted by atomic mass is 31.2. The van der Waals surface area contributed by atoms with Crippen molar-refractivity contribution in [3.63, 3.8) is 0 Å². The van der Waals surface area contributed by atoms with E-state index in [0.717, 1.165) is 12.8 Å². The molecule has 144 valence electrons. The molecule has 0 rings (SSSR count). The third-order valence-electron chi connectivity index (χ3n) is 4.13. The largest absolute Gasteiger partial charge is 0.353 e. The van der Waals surface area contributed by atoms with Crippen molar-refractivity contribution in [1.82, 2.24) is 0 Å². The Kier molecular flexibility index (Phi) is 17.6. The minimum absolute atomic E-state index is 0.417. The van der Waals surface area contributed by atoms with Crippen molar-refractivity contribution < 1.29 is 13.6 Å². The molecule has 0 saturated carbocycles. The first-order valence-electron chi connectivity index (χ1n) is 10.2. The molecule has 0 aliphatic rings. The van der Waals surface area contributed by atoms with Crippen LogP contribution in [0.1, 0.15) is 104 Å². The second-order valence-electron chi connectivity index (χ2n) is 6.44. The Labute approximate surface area is 151 Å². The predicted octanol–water partition coefficient (Wildman–Crippen LogP) is 7.86. The maximum atomic E-state index is 12.2. The van der Waals surface area contributed by atoms with Crippen LogP contribution in [0.25, 0.3) is 0 Å². The zero-order valence-corrected chi connectivity index (χ0v) is 17.3. The van der Waals surface area contributed by atoms with Crippen LogP contribution in [0.2, 0.25) is 0 Å². The summed E-state index contributed by atoms with van der Waals surface area (Å²) in [6.45, 7) is 6.78. The van der Waals surface area contributed by atoms with Gasteiger partial charge in [0.05, 0.1) is 13.2 Å². The second kappa shape index (κ2) is 17.7. The van der Waals surface area contributed by atoms with E-state index in [0.29, 0.717) is 13.2 Å². The lowest BCUT2D eigenvalue weighted by atomic mass is 10.0. The zero-order chi connectivity index (χ0) is 17.9. The SMILES string of the molecule is CCCCCCCCCCCCCC/C=C/P(=O)(OCC)OCC. The summed E-state index contributed by atoms with van der Waals surface area (Å²) in [5, 5.41) is 0. The Balaban J connectivity index is 3.44. The average Bonchev–Trinajstić information content (AvgIpc) is 2.55. The Morgan fingerprint density at radius 2 is 1.08 bits per heavy atom. The van der Waals surface area contributed by atoms with E-state index in [9.17, 15) is 4.57 Å². The summed E-state index contributed by atoms with van der Waals surface area (Å²) in [7, 11) is -2.98. The molecule has 0 aromatic rings. The van der Waals surface area contributed by atoms with Crippen LogP contribution < -0.4 is 0 Å². The number of hydrogen-bond donors (Lipinski definition) is 0. The van der Waals surface area contributed by atoms with Gasteiger partial charge in [-0.15, -0.1) is 0 Å². The molecule has 0 saturated heterocycles. The van der Waals surface area contributed by atoms with Crippen molar-refractivity contribution in [2.45, 2.75) is 104 Å². The van der Waals surface area contributed by atoms with Gasteiger partial charge in [-0.25, -0.2) is 0 Å². The highest BCUT2D eigenvalue weighted by Crippen LogP contribution is 2.49. The molecule has 0 bridgehead atoms. The van der Waals surface area contributed by atoms with Gasteiger partial charge in [0.15, 0.2) is 0 Å². The minimum atomic E-state index is -2.98. The van der Waals surface area contributed by atoms with Crippen LogP contribution in [0.3, 0.4) is 0 Å². The standard InChI is InChI=1S/C20H41O3P/c1-4-7-8-9-10-11-12-13-14-15-16-17-18-19-20-24(21,22-5-2)23-6-3/h19-20H,4-18H2,1-3H3/b20-19+. The second-order valence-corrected chi connectivity index (χ2v) is 8.33. The Bertz CT molecular complexity index is 319. The highest BCUT2D eigenvalue weighted by molar-refractivity contribution is 7.57. The first-order chi connectivity index (χ1) is 11.7. The van der Waals surface area contributed by atoms with Crippen molar-refractivity contribution in [2.75, 3.05) is 13.2 Å². The summed E-state index contributed by atoms with van der Waals surface area (Å²) in [5.74, 6) is 1.64. The van der Waals surface area contributed by atoms with E-state index in [1.165, 1.54) is 70.6 Å². The molecule has 0 aliphatic carbocycles. The molecule has 3 nitrogen and oxygen atoms in total. The molecule has 0 fully saturated rings. The van der Waals surface area contributed by atoms with E-state index >= 15 is 0 Å². The molecule has 0 N–H and O–H groups in total. The van der Waals surface area contributed by atoms with Crippen molar-refractivity contribution >= 4 is 7.60 Å². The summed E-state index contributed by atoms with van der Waals surface area (Å²) < 4.78 is 22.7. The normalized spacial score (nSPS) is 12.3. The number of allylic oxidation sites excluding steroid dienone is 1. The van der Waals surface area contributed by atoms with Crippen LogP contribution in [0.5, 0.6) is 0 Å². The lowest BCUT2D eigenvalue weighted by Gasteiger charge is -2.12. The maximum Gasteiger partial charge on any atom is 0.353 e. The summed E-state index contributed by atoms with van der Waals surface area (Å²) >= 11 is 0. The van der Waals surface area contributed by atoms with E-state index in [4.69, 9.17) is 9.05 Å². The minimum Gasteiger partial charge on any atom is -0.306 e. The van der Waals surface area contributed by atoms with Crippen LogP contribution >= 0.6 is 7.60 Å². The van der Waals surface area contributed by atoms with Gasteiger partial charge in [0.25, 0.3) is 0 Å². The van der Waals surface area contributed by atoms with E-state index in [2.05, 4.69) is 6.92 Å². The molecule has 0 radical (unpaired) electrons. The van der Waals surface area contributed by atoms with Crippen LogP contribution in [-0.4, -0.2) is 13.2 Å². The fraction of sp³-hybridized carbons (Fsp3) is 0.900. The lowest BCUT2D eigenvalue weighted by Crippen LogP contribution is -1.92. The third-order valence-corrected chi connectivity index (χ3v) is 5.94. The van der Waals surface area contributed by atoms with Gasteiger partial charge < -0.3 is 9.05 Å². The Morgan fingerprint density at radius 3 is 1.50 bits per heavy atom. The topological polar surface area (TPSA) is 35.5 Å². The Morgan fingerprint density at radius 1 is 0.667 bits per heavy atom. The van der Waals surface area contributed by atoms with Gasteiger partial charge in [-0.05, 0) is 26.7 Å². The Hall–Kier alpha value is -0.110. The summed E-state index contributed by atoms with van der Waals surface area (Å²) in [5.41, 5.74) is 0. The van der Waals surface area contributed by atoms with E-state index in [-0.39, 0.29) is 0 Å². The van der Waals surface area contributed by atoms with Crippen molar-refractivity contribution in [1.29, 1.82) is 0 Å². The fourth-order valence-electron chi connectivity index (χ4n) is 2.79. The van der Waals surface area contributed by atoms with Crippen LogP contribution in [0.15, 0.2) is 11.9 Å². The van der Waals surface area contributed by atoms with Gasteiger partial charge in [0, 0.05) is 5.82 Å². The summed E-state index contributed by atoms with van der Waals surface area (Å²) in [4.78, 5) is 0. The average molecular weight is 361 g/mol. The van der Waals surface area contributed by atoms with Crippen molar-refractivity contribution in [2.24, 2.45) is 0 Å². The van der Waals surface area contributed by atoms with Crippen LogP contribution in [0.4, 0.5) is 0 Å². The summed E-state index contributed by atoms with van der Waals surface area (Å²) in [6, 6.07) is 0. The molecule has 0 amide bonds. The molecule has 0 aromatic carbocycles. The fourth-order valence-corrected chi connectivity index (χ4v) is 4.16. The highest BCUT2D eigenvalue weighted by Gasteiger charge is 2.18. The van der Waals surface area contributed by atoms with Crippen LogP contribution in [-0.2, 0) is 13.6 Å². The van der Waals surface area contributed by atoms with Crippen molar-refractivity contribution in [3.8, 4) is 0 Å². The van der Waals surface area contributed by atoms with Gasteiger partial charge in [0.1, 0.15) is 0 Å². The molecule has 0 aliphatic heterocycles. The molecule has 0 heterocycles. The van der Waals surface area contributed by atoms with Gasteiger partial charge >= 0.3 is 7.60 Å².